The summed E-state index contributed by atoms with van der Waals surface area (Å²) in [6, 6.07) is 0. The Bertz CT molecular complexity index is 501. The van der Waals surface area contributed by atoms with Crippen molar-refractivity contribution in [2.45, 2.75) is 38.6 Å². The van der Waals surface area contributed by atoms with Gasteiger partial charge >= 0.3 is 0 Å². The van der Waals surface area contributed by atoms with Gasteiger partial charge in [0.15, 0.2) is 0 Å². The standard InChI is InChI=1S/C16H24N4/c1-20(9-13-7-11-2-3-12(13)6-11)16-14-8-17-5-4-15(14)18-10-19-16/h10-13,17H,2-9H2,1H3. The van der Waals surface area contributed by atoms with Gasteiger partial charge in [0.25, 0.3) is 0 Å². The lowest BCUT2D eigenvalue weighted by atomic mass is 9.88. The van der Waals surface area contributed by atoms with Crippen molar-refractivity contribution in [3.8, 4) is 0 Å². The Hall–Kier alpha value is -1.16. The van der Waals surface area contributed by atoms with Gasteiger partial charge < -0.3 is 10.2 Å². The van der Waals surface area contributed by atoms with Gasteiger partial charge in [-0.2, -0.15) is 0 Å². The summed E-state index contributed by atoms with van der Waals surface area (Å²) in [5.74, 6) is 4.06. The minimum Gasteiger partial charge on any atom is -0.359 e. The normalized spacial score (nSPS) is 31.4. The van der Waals surface area contributed by atoms with Gasteiger partial charge in [-0.05, 0) is 37.0 Å². The molecule has 0 aromatic carbocycles. The van der Waals surface area contributed by atoms with Crippen LogP contribution in [0.25, 0.3) is 0 Å². The molecule has 4 rings (SSSR count). The third-order valence-corrected chi connectivity index (χ3v) is 5.61. The summed E-state index contributed by atoms with van der Waals surface area (Å²) >= 11 is 0. The molecule has 1 aromatic heterocycles. The molecule has 20 heavy (non-hydrogen) atoms. The first-order chi connectivity index (χ1) is 9.81. The molecule has 3 atom stereocenters. The van der Waals surface area contributed by atoms with Gasteiger partial charge in [0.2, 0.25) is 0 Å². The van der Waals surface area contributed by atoms with Crippen LogP contribution in [0.15, 0.2) is 6.33 Å². The average molecular weight is 272 g/mol. The Labute approximate surface area is 121 Å². The van der Waals surface area contributed by atoms with E-state index in [1.54, 1.807) is 6.33 Å². The second-order valence-corrected chi connectivity index (χ2v) is 6.86. The average Bonchev–Trinajstić information content (AvgIpc) is 3.09. The number of hydrogen-bond donors (Lipinski definition) is 1. The van der Waals surface area contributed by atoms with Gasteiger partial charge in [-0.1, -0.05) is 6.42 Å². The van der Waals surface area contributed by atoms with E-state index in [-0.39, 0.29) is 0 Å². The molecular weight excluding hydrogens is 248 g/mol. The van der Waals surface area contributed by atoms with Crippen LogP contribution in [0.2, 0.25) is 0 Å². The van der Waals surface area contributed by atoms with Gasteiger partial charge in [-0.25, -0.2) is 9.97 Å². The molecular formula is C16H24N4. The lowest BCUT2D eigenvalue weighted by Crippen LogP contribution is -2.33. The molecule has 2 saturated carbocycles. The first kappa shape index (κ1) is 12.6. The maximum atomic E-state index is 4.57. The number of rotatable bonds is 3. The summed E-state index contributed by atoms with van der Waals surface area (Å²) in [5.41, 5.74) is 2.57. The summed E-state index contributed by atoms with van der Waals surface area (Å²) in [6.07, 6.45) is 8.66. The maximum absolute atomic E-state index is 4.57. The Morgan fingerprint density at radius 2 is 2.25 bits per heavy atom. The zero-order chi connectivity index (χ0) is 13.5. The molecule has 1 N–H and O–H groups in total. The fourth-order valence-electron chi connectivity index (χ4n) is 4.62. The highest BCUT2D eigenvalue weighted by Crippen LogP contribution is 2.48. The van der Waals surface area contributed by atoms with Crippen molar-refractivity contribution in [1.82, 2.24) is 15.3 Å². The summed E-state index contributed by atoms with van der Waals surface area (Å²) in [5, 5.41) is 3.45. The van der Waals surface area contributed by atoms with Gasteiger partial charge in [-0.15, -0.1) is 0 Å². The van der Waals surface area contributed by atoms with Crippen LogP contribution < -0.4 is 10.2 Å². The summed E-state index contributed by atoms with van der Waals surface area (Å²) in [6.45, 7) is 3.14. The molecule has 0 radical (unpaired) electrons. The summed E-state index contributed by atoms with van der Waals surface area (Å²) in [4.78, 5) is 11.4. The van der Waals surface area contributed by atoms with Crippen molar-refractivity contribution in [2.75, 3.05) is 25.0 Å². The second kappa shape index (κ2) is 4.99. The fraction of sp³-hybridized carbons (Fsp3) is 0.750. The topological polar surface area (TPSA) is 41.1 Å². The van der Waals surface area contributed by atoms with Crippen LogP contribution in [0.3, 0.4) is 0 Å². The van der Waals surface area contributed by atoms with Gasteiger partial charge in [0, 0.05) is 38.7 Å². The zero-order valence-electron chi connectivity index (χ0n) is 12.3. The van der Waals surface area contributed by atoms with Crippen molar-refractivity contribution < 1.29 is 0 Å². The minimum atomic E-state index is 0.890. The molecule has 1 aliphatic heterocycles. The SMILES string of the molecule is CN(CC1CC2CCC1C2)c1ncnc2c1CNCC2. The van der Waals surface area contributed by atoms with E-state index in [1.165, 1.54) is 43.5 Å². The number of hydrogen-bond acceptors (Lipinski definition) is 4. The van der Waals surface area contributed by atoms with Crippen LogP contribution in [0.1, 0.15) is 36.9 Å². The first-order valence-corrected chi connectivity index (χ1v) is 8.06. The zero-order valence-corrected chi connectivity index (χ0v) is 12.3. The molecule has 4 nitrogen and oxygen atoms in total. The molecule has 1 aromatic rings. The number of aromatic nitrogens is 2. The third kappa shape index (κ3) is 2.10. The summed E-state index contributed by atoms with van der Waals surface area (Å²) < 4.78 is 0. The van der Waals surface area contributed by atoms with E-state index < -0.39 is 0 Å². The number of anilines is 1. The Morgan fingerprint density at radius 1 is 1.30 bits per heavy atom. The maximum Gasteiger partial charge on any atom is 0.136 e. The van der Waals surface area contributed by atoms with Gasteiger partial charge in [0.1, 0.15) is 12.1 Å². The van der Waals surface area contributed by atoms with Crippen molar-refractivity contribution in [3.05, 3.63) is 17.6 Å². The van der Waals surface area contributed by atoms with Crippen LogP contribution >= 0.6 is 0 Å². The number of nitrogens with one attached hydrogen (secondary N) is 1. The lowest BCUT2D eigenvalue weighted by molar-refractivity contribution is 0.337. The highest BCUT2D eigenvalue weighted by Gasteiger charge is 2.39. The van der Waals surface area contributed by atoms with E-state index in [1.807, 2.05) is 0 Å². The molecule has 3 aliphatic rings. The van der Waals surface area contributed by atoms with Crippen molar-refractivity contribution in [3.63, 3.8) is 0 Å². The molecule has 2 aliphatic carbocycles. The first-order valence-electron chi connectivity index (χ1n) is 8.06. The van der Waals surface area contributed by atoms with Crippen LogP contribution in [0, 0.1) is 17.8 Å². The van der Waals surface area contributed by atoms with E-state index in [0.29, 0.717) is 0 Å². The predicted molar refractivity (Wildman–Crippen MR) is 79.7 cm³/mol. The molecule has 2 bridgehead atoms. The second-order valence-electron chi connectivity index (χ2n) is 6.86. The molecule has 0 amide bonds. The molecule has 3 unspecified atom stereocenters. The van der Waals surface area contributed by atoms with Crippen molar-refractivity contribution >= 4 is 5.82 Å². The van der Waals surface area contributed by atoms with E-state index >= 15 is 0 Å². The Morgan fingerprint density at radius 3 is 3.05 bits per heavy atom. The highest BCUT2D eigenvalue weighted by molar-refractivity contribution is 5.48. The number of nitrogens with zero attached hydrogens (tertiary/aromatic N) is 3. The summed E-state index contributed by atoms with van der Waals surface area (Å²) in [7, 11) is 2.21. The fourth-order valence-corrected chi connectivity index (χ4v) is 4.62. The smallest absolute Gasteiger partial charge is 0.136 e. The predicted octanol–water partition coefficient (Wildman–Crippen LogP) is 1.99. The largest absolute Gasteiger partial charge is 0.359 e. The molecule has 2 heterocycles. The number of fused-ring (bicyclic) bond motifs is 3. The Kier molecular flexibility index (Phi) is 3.14. The van der Waals surface area contributed by atoms with E-state index in [2.05, 4.69) is 27.2 Å². The molecule has 108 valence electrons. The van der Waals surface area contributed by atoms with Crippen LogP contribution in [-0.2, 0) is 13.0 Å². The molecule has 4 heteroatoms. The van der Waals surface area contributed by atoms with Crippen LogP contribution in [0.4, 0.5) is 5.82 Å². The van der Waals surface area contributed by atoms with Crippen LogP contribution in [-0.4, -0.2) is 30.1 Å². The molecule has 2 fully saturated rings. The van der Waals surface area contributed by atoms with Gasteiger partial charge in [-0.3, -0.25) is 0 Å². The minimum absolute atomic E-state index is 0.890. The molecule has 0 spiro atoms. The monoisotopic (exact) mass is 272 g/mol. The van der Waals surface area contributed by atoms with Gasteiger partial charge in [0.05, 0.1) is 5.69 Å². The Balaban J connectivity index is 1.52. The van der Waals surface area contributed by atoms with E-state index in [0.717, 1.165) is 43.1 Å². The lowest BCUT2D eigenvalue weighted by Gasteiger charge is -2.30. The van der Waals surface area contributed by atoms with E-state index in [4.69, 9.17) is 0 Å². The van der Waals surface area contributed by atoms with Crippen LogP contribution in [0.5, 0.6) is 0 Å². The van der Waals surface area contributed by atoms with Crippen molar-refractivity contribution in [1.29, 1.82) is 0 Å². The third-order valence-electron chi connectivity index (χ3n) is 5.61. The highest BCUT2D eigenvalue weighted by atomic mass is 15.2. The molecule has 0 saturated heterocycles. The van der Waals surface area contributed by atoms with Crippen molar-refractivity contribution in [2.24, 2.45) is 17.8 Å². The quantitative estimate of drug-likeness (QED) is 0.913. The van der Waals surface area contributed by atoms with E-state index in [9.17, 15) is 0 Å².